The van der Waals surface area contributed by atoms with Gasteiger partial charge in [-0.15, -0.1) is 0 Å². The number of anilines is 1. The van der Waals surface area contributed by atoms with E-state index in [1.165, 1.54) is 0 Å². The fourth-order valence-electron chi connectivity index (χ4n) is 2.05. The second-order valence-electron chi connectivity index (χ2n) is 5.26. The zero-order valence-corrected chi connectivity index (χ0v) is 12.9. The van der Waals surface area contributed by atoms with Crippen LogP contribution < -0.4 is 11.1 Å². The molecule has 0 bridgehead atoms. The summed E-state index contributed by atoms with van der Waals surface area (Å²) in [7, 11) is 0. The molecule has 2 atom stereocenters. The Balaban J connectivity index is 2.44. The molecule has 3 N–H and O–H groups in total. The van der Waals surface area contributed by atoms with Gasteiger partial charge in [0.1, 0.15) is 0 Å². The molecule has 0 heterocycles. The molecule has 1 amide bonds. The van der Waals surface area contributed by atoms with Gasteiger partial charge in [0, 0.05) is 11.7 Å². The van der Waals surface area contributed by atoms with E-state index >= 15 is 0 Å². The first kappa shape index (κ1) is 17.0. The highest BCUT2D eigenvalue weighted by Gasteiger charge is 2.18. The normalized spacial score (nSPS) is 13.3. The van der Waals surface area contributed by atoms with Gasteiger partial charge < -0.3 is 15.8 Å². The molecule has 2 unspecified atom stereocenters. The molecule has 116 valence electrons. The van der Waals surface area contributed by atoms with Gasteiger partial charge in [-0.25, -0.2) is 0 Å². The lowest BCUT2D eigenvalue weighted by molar-refractivity contribution is -0.149. The van der Waals surface area contributed by atoms with Crippen molar-refractivity contribution in [3.63, 3.8) is 0 Å². The van der Waals surface area contributed by atoms with Crippen LogP contribution in [0.15, 0.2) is 24.3 Å². The minimum Gasteiger partial charge on any atom is -0.455 e. The molecule has 0 aliphatic heterocycles. The van der Waals surface area contributed by atoms with Crippen LogP contribution in [-0.4, -0.2) is 24.5 Å². The number of hydrogen-bond donors (Lipinski definition) is 2. The van der Waals surface area contributed by atoms with Gasteiger partial charge in [0.05, 0.1) is 5.92 Å². The molecule has 0 radical (unpaired) electrons. The number of nitrogen functional groups attached to an aromatic ring is 1. The first-order valence-electron chi connectivity index (χ1n) is 7.25. The number of ether oxygens (including phenoxy) is 1. The summed E-state index contributed by atoms with van der Waals surface area (Å²) in [5.41, 5.74) is 7.06. The lowest BCUT2D eigenvalue weighted by Crippen LogP contribution is -2.36. The lowest BCUT2D eigenvalue weighted by atomic mass is 10.0. The maximum atomic E-state index is 11.9. The van der Waals surface area contributed by atoms with Crippen LogP contribution in [0, 0.1) is 0 Å². The molecule has 1 rings (SSSR count). The summed E-state index contributed by atoms with van der Waals surface area (Å²) < 4.78 is 5.05. The Hall–Kier alpha value is -2.04. The van der Waals surface area contributed by atoms with E-state index in [4.69, 9.17) is 10.5 Å². The van der Waals surface area contributed by atoms with Crippen molar-refractivity contribution < 1.29 is 14.3 Å². The number of amides is 1. The summed E-state index contributed by atoms with van der Waals surface area (Å²) >= 11 is 0. The third-order valence-corrected chi connectivity index (χ3v) is 3.24. The summed E-state index contributed by atoms with van der Waals surface area (Å²) in [5, 5.41) is 2.79. The first-order valence-corrected chi connectivity index (χ1v) is 7.25. The van der Waals surface area contributed by atoms with Crippen molar-refractivity contribution in [3.05, 3.63) is 29.8 Å². The predicted octanol–water partition coefficient (Wildman–Crippen LogP) is 2.22. The standard InChI is InChI=1S/C16H24N2O3/c1-4-6-11(2)18-15(19)10-21-16(20)12(3)13-7-5-8-14(17)9-13/h5,7-9,11-12H,4,6,10,17H2,1-3H3,(H,18,19). The molecule has 21 heavy (non-hydrogen) atoms. The smallest absolute Gasteiger partial charge is 0.313 e. The van der Waals surface area contributed by atoms with Crippen LogP contribution in [-0.2, 0) is 14.3 Å². The van der Waals surface area contributed by atoms with Gasteiger partial charge in [-0.3, -0.25) is 9.59 Å². The summed E-state index contributed by atoms with van der Waals surface area (Å²) in [6.45, 7) is 5.46. The van der Waals surface area contributed by atoms with E-state index in [0.29, 0.717) is 5.69 Å². The Kier molecular flexibility index (Phi) is 6.72. The predicted molar refractivity (Wildman–Crippen MR) is 82.7 cm³/mol. The minimum absolute atomic E-state index is 0.0903. The van der Waals surface area contributed by atoms with Crippen LogP contribution in [0.3, 0.4) is 0 Å². The van der Waals surface area contributed by atoms with Crippen LogP contribution in [0.1, 0.15) is 45.1 Å². The molecule has 5 nitrogen and oxygen atoms in total. The highest BCUT2D eigenvalue weighted by atomic mass is 16.5. The maximum Gasteiger partial charge on any atom is 0.313 e. The number of hydrogen-bond acceptors (Lipinski definition) is 4. The van der Waals surface area contributed by atoms with Gasteiger partial charge in [0.15, 0.2) is 6.61 Å². The summed E-state index contributed by atoms with van der Waals surface area (Å²) in [6.07, 6.45) is 1.90. The van der Waals surface area contributed by atoms with Gasteiger partial charge in [0.25, 0.3) is 5.91 Å². The average molecular weight is 292 g/mol. The second kappa shape index (κ2) is 8.29. The molecule has 1 aromatic rings. The molecule has 5 heteroatoms. The zero-order valence-electron chi connectivity index (χ0n) is 12.9. The van der Waals surface area contributed by atoms with Gasteiger partial charge in [-0.1, -0.05) is 25.5 Å². The quantitative estimate of drug-likeness (QED) is 0.596. The molecule has 0 aromatic heterocycles. The SMILES string of the molecule is CCCC(C)NC(=O)COC(=O)C(C)c1cccc(N)c1. The molecule has 0 aliphatic carbocycles. The molecular formula is C16H24N2O3. The van der Waals surface area contributed by atoms with E-state index < -0.39 is 11.9 Å². The van der Waals surface area contributed by atoms with Gasteiger partial charge in [-0.2, -0.15) is 0 Å². The third kappa shape index (κ3) is 5.85. The van der Waals surface area contributed by atoms with Crippen molar-refractivity contribution in [2.75, 3.05) is 12.3 Å². The first-order chi connectivity index (χ1) is 9.93. The van der Waals surface area contributed by atoms with Crippen molar-refractivity contribution in [1.82, 2.24) is 5.32 Å². The number of carbonyl (C=O) groups excluding carboxylic acids is 2. The molecule has 0 spiro atoms. The monoisotopic (exact) mass is 292 g/mol. The number of nitrogens with one attached hydrogen (secondary N) is 1. The van der Waals surface area contributed by atoms with Crippen LogP contribution in [0.2, 0.25) is 0 Å². The summed E-state index contributed by atoms with van der Waals surface area (Å²) in [5.74, 6) is -1.16. The fourth-order valence-corrected chi connectivity index (χ4v) is 2.05. The number of rotatable bonds is 7. The molecule has 1 aromatic carbocycles. The maximum absolute atomic E-state index is 11.9. The topological polar surface area (TPSA) is 81.4 Å². The van der Waals surface area contributed by atoms with E-state index in [2.05, 4.69) is 12.2 Å². The van der Waals surface area contributed by atoms with Gasteiger partial charge in [0.2, 0.25) is 0 Å². The highest BCUT2D eigenvalue weighted by molar-refractivity contribution is 5.83. The summed E-state index contributed by atoms with van der Waals surface area (Å²) in [6, 6.07) is 7.17. The molecule has 0 fully saturated rings. The number of benzene rings is 1. The van der Waals surface area contributed by atoms with Crippen LogP contribution in [0.25, 0.3) is 0 Å². The van der Waals surface area contributed by atoms with Crippen molar-refractivity contribution in [2.24, 2.45) is 0 Å². The van der Waals surface area contributed by atoms with E-state index in [0.717, 1.165) is 18.4 Å². The molecule has 0 saturated carbocycles. The zero-order chi connectivity index (χ0) is 15.8. The fraction of sp³-hybridized carbons (Fsp3) is 0.500. The molecule has 0 saturated heterocycles. The number of nitrogens with two attached hydrogens (primary N) is 1. The Morgan fingerprint density at radius 3 is 2.67 bits per heavy atom. The third-order valence-electron chi connectivity index (χ3n) is 3.24. The Labute approximate surface area is 125 Å². The van der Waals surface area contributed by atoms with Crippen molar-refractivity contribution in [3.8, 4) is 0 Å². The Morgan fingerprint density at radius 2 is 2.05 bits per heavy atom. The van der Waals surface area contributed by atoms with E-state index in [1.807, 2.05) is 13.0 Å². The average Bonchev–Trinajstić information content (AvgIpc) is 2.44. The van der Waals surface area contributed by atoms with Crippen molar-refractivity contribution >= 4 is 17.6 Å². The number of esters is 1. The Morgan fingerprint density at radius 1 is 1.33 bits per heavy atom. The molecule has 0 aliphatic rings. The van der Waals surface area contributed by atoms with Gasteiger partial charge in [-0.05, 0) is 38.0 Å². The minimum atomic E-state index is -0.450. The number of carbonyl (C=O) groups is 2. The second-order valence-corrected chi connectivity index (χ2v) is 5.26. The van der Waals surface area contributed by atoms with Crippen molar-refractivity contribution in [2.45, 2.75) is 45.6 Å². The van der Waals surface area contributed by atoms with Gasteiger partial charge >= 0.3 is 5.97 Å². The lowest BCUT2D eigenvalue weighted by Gasteiger charge is -2.15. The van der Waals surface area contributed by atoms with Crippen molar-refractivity contribution in [1.29, 1.82) is 0 Å². The van der Waals surface area contributed by atoms with Crippen LogP contribution in [0.5, 0.6) is 0 Å². The van der Waals surface area contributed by atoms with Crippen LogP contribution in [0.4, 0.5) is 5.69 Å². The van der Waals surface area contributed by atoms with E-state index in [-0.39, 0.29) is 18.6 Å². The largest absolute Gasteiger partial charge is 0.455 e. The highest BCUT2D eigenvalue weighted by Crippen LogP contribution is 2.18. The molecular weight excluding hydrogens is 268 g/mol. The Bertz CT molecular complexity index is 488. The van der Waals surface area contributed by atoms with E-state index in [9.17, 15) is 9.59 Å². The van der Waals surface area contributed by atoms with E-state index in [1.54, 1.807) is 25.1 Å². The summed E-state index contributed by atoms with van der Waals surface area (Å²) in [4.78, 5) is 23.6. The van der Waals surface area contributed by atoms with Crippen LogP contribution >= 0.6 is 0 Å².